The highest BCUT2D eigenvalue weighted by Gasteiger charge is 2.27. The van der Waals surface area contributed by atoms with Gasteiger partial charge in [0.15, 0.2) is 6.10 Å². The normalized spacial score (nSPS) is 14.8. The monoisotopic (exact) mass is 819 g/mol. The Morgan fingerprint density at radius 2 is 0.895 bits per heavy atom. The quantitative estimate of drug-likeness (QED) is 0.0238. The van der Waals surface area contributed by atoms with Crippen LogP contribution in [0.3, 0.4) is 0 Å². The molecule has 0 aromatic heterocycles. The van der Waals surface area contributed by atoms with Gasteiger partial charge in [-0.15, -0.1) is 0 Å². The van der Waals surface area contributed by atoms with E-state index in [0.717, 1.165) is 51.4 Å². The van der Waals surface area contributed by atoms with E-state index in [2.05, 4.69) is 97.4 Å². The molecule has 10 nitrogen and oxygen atoms in total. The lowest BCUT2D eigenvalue weighted by molar-refractivity contribution is -0.161. The summed E-state index contributed by atoms with van der Waals surface area (Å²) < 4.78 is 32.6. The fourth-order valence-electron chi connectivity index (χ4n) is 4.92. The number of aliphatic hydroxyl groups is 2. The van der Waals surface area contributed by atoms with Crippen molar-refractivity contribution in [2.24, 2.45) is 0 Å². The molecule has 3 N–H and O–H groups in total. The third-order valence-electron chi connectivity index (χ3n) is 8.21. The molecule has 0 radical (unpaired) electrons. The van der Waals surface area contributed by atoms with Gasteiger partial charge in [0, 0.05) is 12.8 Å². The van der Waals surface area contributed by atoms with Crippen molar-refractivity contribution in [3.05, 3.63) is 97.2 Å². The summed E-state index contributed by atoms with van der Waals surface area (Å²) in [6.07, 6.45) is 49.6. The van der Waals surface area contributed by atoms with Gasteiger partial charge in [-0.3, -0.25) is 18.6 Å². The summed E-state index contributed by atoms with van der Waals surface area (Å²) in [6.45, 7) is 2.17. The van der Waals surface area contributed by atoms with E-state index in [9.17, 15) is 24.2 Å². The lowest BCUT2D eigenvalue weighted by atomic mass is 10.2. The number of ether oxygens (including phenoxy) is 2. The Hall–Kier alpha value is -3.11. The molecule has 0 amide bonds. The Labute approximate surface area is 344 Å². The molecule has 57 heavy (non-hydrogen) atoms. The van der Waals surface area contributed by atoms with Crippen molar-refractivity contribution in [3.8, 4) is 0 Å². The molecule has 0 bridgehead atoms. The first-order valence-electron chi connectivity index (χ1n) is 21.2. The summed E-state index contributed by atoms with van der Waals surface area (Å²) in [5.74, 6) is -1.07. The Bertz CT molecular complexity index is 1260. The minimum absolute atomic E-state index is 0.0908. The number of hydrogen-bond donors (Lipinski definition) is 3. The van der Waals surface area contributed by atoms with Crippen LogP contribution in [-0.2, 0) is 32.7 Å². The second-order valence-electron chi connectivity index (χ2n) is 13.7. The summed E-state index contributed by atoms with van der Waals surface area (Å²) in [6, 6.07) is 0. The van der Waals surface area contributed by atoms with Crippen molar-refractivity contribution < 1.29 is 47.8 Å². The van der Waals surface area contributed by atoms with Crippen molar-refractivity contribution >= 4 is 19.8 Å². The highest BCUT2D eigenvalue weighted by Crippen LogP contribution is 2.43. The molecule has 0 aliphatic carbocycles. The zero-order valence-corrected chi connectivity index (χ0v) is 35.9. The molecule has 0 heterocycles. The highest BCUT2D eigenvalue weighted by atomic mass is 31.2. The molecule has 0 saturated carbocycles. The van der Waals surface area contributed by atoms with Gasteiger partial charge in [0.05, 0.1) is 19.8 Å². The zero-order chi connectivity index (χ0) is 41.9. The fourth-order valence-corrected chi connectivity index (χ4v) is 5.71. The maximum absolute atomic E-state index is 12.6. The van der Waals surface area contributed by atoms with E-state index >= 15 is 0 Å². The van der Waals surface area contributed by atoms with Gasteiger partial charge in [-0.2, -0.15) is 0 Å². The average molecular weight is 819 g/mol. The first-order valence-corrected chi connectivity index (χ1v) is 22.7. The number of hydrogen-bond acceptors (Lipinski definition) is 9. The van der Waals surface area contributed by atoms with Crippen molar-refractivity contribution in [1.82, 2.24) is 0 Å². The molecule has 3 atom stereocenters. The number of phosphoric acid groups is 1. The lowest BCUT2D eigenvalue weighted by Crippen LogP contribution is -2.29. The summed E-state index contributed by atoms with van der Waals surface area (Å²) in [7, 11) is -4.65. The van der Waals surface area contributed by atoms with E-state index in [4.69, 9.17) is 19.1 Å². The smallest absolute Gasteiger partial charge is 0.462 e. The van der Waals surface area contributed by atoms with Gasteiger partial charge >= 0.3 is 19.8 Å². The van der Waals surface area contributed by atoms with Crippen molar-refractivity contribution in [3.63, 3.8) is 0 Å². The average Bonchev–Trinajstić information content (AvgIpc) is 3.20. The highest BCUT2D eigenvalue weighted by molar-refractivity contribution is 7.47. The SMILES string of the molecule is CCCCC/C=C\C/C=C\C/C=C\C/C=C\CCCC(=O)OC[C@H](COP(=O)(O)OCC(O)CO)OC(=O)CCC/C=C\C/C=C\C/C=C\C/C=C\CCCCC. The van der Waals surface area contributed by atoms with E-state index in [1.165, 1.54) is 38.5 Å². The van der Waals surface area contributed by atoms with Crippen LogP contribution in [0, 0.1) is 0 Å². The van der Waals surface area contributed by atoms with E-state index in [1.54, 1.807) is 0 Å². The number of phosphoric ester groups is 1. The van der Waals surface area contributed by atoms with Crippen molar-refractivity contribution in [2.45, 2.75) is 154 Å². The second kappa shape index (κ2) is 41.1. The van der Waals surface area contributed by atoms with Crippen LogP contribution >= 0.6 is 7.82 Å². The molecule has 0 saturated heterocycles. The second-order valence-corrected chi connectivity index (χ2v) is 15.1. The predicted octanol–water partition coefficient (Wildman–Crippen LogP) is 11.2. The third-order valence-corrected chi connectivity index (χ3v) is 9.16. The van der Waals surface area contributed by atoms with Crippen LogP contribution in [0.2, 0.25) is 0 Å². The van der Waals surface area contributed by atoms with Gasteiger partial charge in [-0.05, 0) is 89.9 Å². The third kappa shape index (κ3) is 40.9. The molecular formula is C46H75O10P. The van der Waals surface area contributed by atoms with E-state index in [-0.39, 0.29) is 19.4 Å². The van der Waals surface area contributed by atoms with Gasteiger partial charge in [-0.25, -0.2) is 4.57 Å². The van der Waals surface area contributed by atoms with Crippen LogP contribution in [0.15, 0.2) is 97.2 Å². The largest absolute Gasteiger partial charge is 0.472 e. The molecular weight excluding hydrogens is 743 g/mol. The van der Waals surface area contributed by atoms with Gasteiger partial charge in [0.25, 0.3) is 0 Å². The minimum atomic E-state index is -4.65. The summed E-state index contributed by atoms with van der Waals surface area (Å²) in [4.78, 5) is 34.9. The molecule has 0 aromatic rings. The molecule has 0 aliphatic heterocycles. The van der Waals surface area contributed by atoms with Gasteiger partial charge in [0.2, 0.25) is 0 Å². The first kappa shape index (κ1) is 53.9. The number of esters is 2. The summed E-state index contributed by atoms with van der Waals surface area (Å²) in [5.41, 5.74) is 0. The Morgan fingerprint density at radius 3 is 1.30 bits per heavy atom. The van der Waals surface area contributed by atoms with Crippen LogP contribution in [0.5, 0.6) is 0 Å². The van der Waals surface area contributed by atoms with Crippen LogP contribution in [0.25, 0.3) is 0 Å². The van der Waals surface area contributed by atoms with Crippen LogP contribution in [-0.4, -0.2) is 65.7 Å². The number of rotatable bonds is 38. The van der Waals surface area contributed by atoms with Gasteiger partial charge in [-0.1, -0.05) is 137 Å². The first-order chi connectivity index (χ1) is 27.7. The van der Waals surface area contributed by atoms with Gasteiger partial charge < -0.3 is 24.6 Å². The van der Waals surface area contributed by atoms with E-state index in [1.807, 2.05) is 18.2 Å². The minimum Gasteiger partial charge on any atom is -0.462 e. The number of carbonyl (C=O) groups is 2. The number of allylic oxidation sites excluding steroid dienone is 16. The molecule has 0 spiro atoms. The number of aliphatic hydroxyl groups excluding tert-OH is 2. The fraction of sp³-hybridized carbons (Fsp3) is 0.609. The number of unbranched alkanes of at least 4 members (excludes halogenated alkanes) is 8. The number of carbonyl (C=O) groups excluding carboxylic acids is 2. The van der Waals surface area contributed by atoms with E-state index in [0.29, 0.717) is 25.7 Å². The summed E-state index contributed by atoms with van der Waals surface area (Å²) >= 11 is 0. The lowest BCUT2D eigenvalue weighted by Gasteiger charge is -2.20. The van der Waals surface area contributed by atoms with Crippen LogP contribution < -0.4 is 0 Å². The molecule has 11 heteroatoms. The Morgan fingerprint density at radius 1 is 0.526 bits per heavy atom. The molecule has 324 valence electrons. The summed E-state index contributed by atoms with van der Waals surface area (Å²) in [5, 5.41) is 18.3. The zero-order valence-electron chi connectivity index (χ0n) is 35.0. The van der Waals surface area contributed by atoms with E-state index < -0.39 is 51.8 Å². The molecule has 0 aliphatic rings. The van der Waals surface area contributed by atoms with Gasteiger partial charge in [0.1, 0.15) is 12.7 Å². The van der Waals surface area contributed by atoms with Crippen LogP contribution in [0.4, 0.5) is 0 Å². The molecule has 2 unspecified atom stereocenters. The molecule has 0 aromatic carbocycles. The standard InChI is InChI=1S/C46H75O10P/c1-3-5-7-9-11-13-15-17-19-21-23-25-27-29-31-33-35-37-45(49)53-41-44(42-55-57(51,52)54-40-43(48)39-47)56-46(50)38-36-34-32-30-28-26-24-22-20-18-16-14-12-10-8-6-4-2/h11-14,17-20,23-26,29-32,43-44,47-48H,3-10,15-16,21-22,27-28,33-42H2,1-2H3,(H,51,52)/b13-11-,14-12-,19-17-,20-18-,25-23-,26-24-,31-29-,32-30-/t43?,44-/m1/s1. The Balaban J connectivity index is 4.53. The maximum atomic E-state index is 12.6. The molecule has 0 fully saturated rings. The maximum Gasteiger partial charge on any atom is 0.472 e. The molecule has 0 rings (SSSR count). The van der Waals surface area contributed by atoms with Crippen LogP contribution in [0.1, 0.15) is 142 Å². The topological polar surface area (TPSA) is 149 Å². The predicted molar refractivity (Wildman–Crippen MR) is 232 cm³/mol. The van der Waals surface area contributed by atoms with Crippen molar-refractivity contribution in [1.29, 1.82) is 0 Å². The Kier molecular flexibility index (Phi) is 38.8. The van der Waals surface area contributed by atoms with Crippen molar-refractivity contribution in [2.75, 3.05) is 26.4 Å².